The predicted octanol–water partition coefficient (Wildman–Crippen LogP) is 2.47. The monoisotopic (exact) mass is 385 g/mol. The van der Waals surface area contributed by atoms with Gasteiger partial charge in [-0.3, -0.25) is 9.59 Å². The fourth-order valence-corrected chi connectivity index (χ4v) is 3.45. The van der Waals surface area contributed by atoms with E-state index >= 15 is 0 Å². The summed E-state index contributed by atoms with van der Waals surface area (Å²) in [5.41, 5.74) is 6.37. The van der Waals surface area contributed by atoms with Gasteiger partial charge in [0.25, 0.3) is 5.91 Å². The number of hydrogen-bond acceptors (Lipinski definition) is 3. The van der Waals surface area contributed by atoms with Crippen LogP contribution in [-0.4, -0.2) is 42.4 Å². The van der Waals surface area contributed by atoms with Crippen LogP contribution in [0.1, 0.15) is 36.0 Å². The summed E-state index contributed by atoms with van der Waals surface area (Å²) in [4.78, 5) is 26.9. The topological polar surface area (TPSA) is 75.4 Å². The fraction of sp³-hybridized carbons (Fsp3) is 0.556. The third-order valence-corrected chi connectivity index (χ3v) is 5.20. The fourth-order valence-electron chi connectivity index (χ4n) is 3.32. The molecule has 5 nitrogen and oxygen atoms in total. The zero-order valence-corrected chi connectivity index (χ0v) is 15.7. The molecular weight excluding hydrogens is 361 g/mol. The lowest BCUT2D eigenvalue weighted by Gasteiger charge is -2.33. The van der Waals surface area contributed by atoms with E-state index in [1.807, 2.05) is 0 Å². The average molecular weight is 386 g/mol. The lowest BCUT2D eigenvalue weighted by Crippen LogP contribution is -2.49. The Kier molecular flexibility index (Phi) is 7.11. The van der Waals surface area contributed by atoms with Crippen LogP contribution in [0, 0.1) is 11.8 Å². The van der Waals surface area contributed by atoms with Crippen LogP contribution in [0.15, 0.2) is 24.3 Å². The van der Waals surface area contributed by atoms with E-state index in [1.165, 1.54) is 0 Å². The maximum absolute atomic E-state index is 12.6. The number of nitrogens with two attached hydrogens (primary N) is 1. The summed E-state index contributed by atoms with van der Waals surface area (Å²) in [6, 6.07) is 6.96. The number of benzene rings is 1. The molecule has 3 rings (SSSR count). The molecule has 1 aliphatic carbocycles. The minimum absolute atomic E-state index is 0. The predicted molar refractivity (Wildman–Crippen MR) is 101 cm³/mol. The van der Waals surface area contributed by atoms with Crippen molar-refractivity contribution in [2.75, 3.05) is 19.6 Å². The molecule has 0 bridgehead atoms. The summed E-state index contributed by atoms with van der Waals surface area (Å²) >= 11 is 5.87. The van der Waals surface area contributed by atoms with Crippen molar-refractivity contribution in [3.8, 4) is 0 Å². The zero-order chi connectivity index (χ0) is 17.1. The minimum Gasteiger partial charge on any atom is -0.352 e. The van der Waals surface area contributed by atoms with Gasteiger partial charge in [-0.1, -0.05) is 11.6 Å². The average Bonchev–Trinajstić information content (AvgIpc) is 3.44. The van der Waals surface area contributed by atoms with E-state index in [0.29, 0.717) is 36.1 Å². The molecule has 1 aromatic carbocycles. The molecule has 2 amide bonds. The molecule has 0 radical (unpaired) electrons. The van der Waals surface area contributed by atoms with Crippen LogP contribution in [0.5, 0.6) is 0 Å². The van der Waals surface area contributed by atoms with Crippen molar-refractivity contribution in [1.29, 1.82) is 0 Å². The van der Waals surface area contributed by atoms with Crippen molar-refractivity contribution in [1.82, 2.24) is 10.2 Å². The molecule has 2 atom stereocenters. The minimum atomic E-state index is -0.150. The molecule has 1 saturated carbocycles. The first-order valence-electron chi connectivity index (χ1n) is 8.63. The normalized spacial score (nSPS) is 21.2. The molecule has 2 unspecified atom stereocenters. The standard InChI is InChI=1S/C18H24ClN3O2.ClH/c19-15-7-5-13(6-8-15)18(24)22-9-1-2-14(11-22)17(23)21-16(10-20)12-3-4-12;/h5-8,12,14,16H,1-4,9-11,20H2,(H,21,23);1H. The van der Waals surface area contributed by atoms with Gasteiger partial charge in [-0.05, 0) is 55.9 Å². The second-order valence-electron chi connectivity index (χ2n) is 6.79. The number of halogens is 2. The third kappa shape index (κ3) is 5.09. The molecule has 2 aliphatic rings. The van der Waals surface area contributed by atoms with Crippen molar-refractivity contribution < 1.29 is 9.59 Å². The number of nitrogens with one attached hydrogen (secondary N) is 1. The van der Waals surface area contributed by atoms with Crippen molar-refractivity contribution >= 4 is 35.8 Å². The second-order valence-corrected chi connectivity index (χ2v) is 7.22. The van der Waals surface area contributed by atoms with Gasteiger partial charge in [0.05, 0.1) is 5.92 Å². The Bertz CT molecular complexity index is 605. The first-order chi connectivity index (χ1) is 11.6. The molecule has 0 spiro atoms. The van der Waals surface area contributed by atoms with Crippen LogP contribution < -0.4 is 11.1 Å². The third-order valence-electron chi connectivity index (χ3n) is 4.94. The Morgan fingerprint density at radius 3 is 2.52 bits per heavy atom. The summed E-state index contributed by atoms with van der Waals surface area (Å²) in [5.74, 6) is 0.379. The Labute approximate surface area is 159 Å². The highest BCUT2D eigenvalue weighted by molar-refractivity contribution is 6.30. The van der Waals surface area contributed by atoms with Gasteiger partial charge in [-0.2, -0.15) is 0 Å². The van der Waals surface area contributed by atoms with E-state index in [2.05, 4.69) is 5.32 Å². The van der Waals surface area contributed by atoms with Gasteiger partial charge in [0.15, 0.2) is 0 Å². The summed E-state index contributed by atoms with van der Waals surface area (Å²) < 4.78 is 0. The van der Waals surface area contributed by atoms with Crippen molar-refractivity contribution in [3.05, 3.63) is 34.9 Å². The van der Waals surface area contributed by atoms with E-state index in [0.717, 1.165) is 25.7 Å². The van der Waals surface area contributed by atoms with E-state index in [-0.39, 0.29) is 36.2 Å². The van der Waals surface area contributed by atoms with Gasteiger partial charge in [0.2, 0.25) is 5.91 Å². The Morgan fingerprint density at radius 2 is 1.92 bits per heavy atom. The van der Waals surface area contributed by atoms with Gasteiger partial charge in [-0.15, -0.1) is 12.4 Å². The van der Waals surface area contributed by atoms with Crippen LogP contribution in [0.3, 0.4) is 0 Å². The van der Waals surface area contributed by atoms with Crippen LogP contribution in [-0.2, 0) is 4.79 Å². The maximum atomic E-state index is 12.6. The number of carbonyl (C=O) groups is 2. The van der Waals surface area contributed by atoms with Gasteiger partial charge in [0, 0.05) is 36.3 Å². The molecule has 3 N–H and O–H groups in total. The molecule has 1 aromatic rings. The quantitative estimate of drug-likeness (QED) is 0.817. The van der Waals surface area contributed by atoms with E-state index in [1.54, 1.807) is 29.2 Å². The Balaban J connectivity index is 0.00000225. The number of hydrogen-bond donors (Lipinski definition) is 2. The molecular formula is C18H25Cl2N3O2. The number of rotatable bonds is 5. The molecule has 1 aliphatic heterocycles. The SMILES string of the molecule is Cl.NCC(NC(=O)C1CCCN(C(=O)c2ccc(Cl)cc2)C1)C1CC1. The summed E-state index contributed by atoms with van der Waals surface area (Å²) in [6.07, 6.45) is 3.95. The molecule has 25 heavy (non-hydrogen) atoms. The highest BCUT2D eigenvalue weighted by Crippen LogP contribution is 2.32. The molecule has 1 saturated heterocycles. The number of nitrogens with zero attached hydrogens (tertiary/aromatic N) is 1. The van der Waals surface area contributed by atoms with E-state index in [9.17, 15) is 9.59 Å². The highest BCUT2D eigenvalue weighted by Gasteiger charge is 2.34. The lowest BCUT2D eigenvalue weighted by atomic mass is 9.96. The number of piperidine rings is 1. The van der Waals surface area contributed by atoms with Crippen molar-refractivity contribution in [2.45, 2.75) is 31.7 Å². The smallest absolute Gasteiger partial charge is 0.253 e. The molecule has 7 heteroatoms. The van der Waals surface area contributed by atoms with Crippen LogP contribution in [0.25, 0.3) is 0 Å². The molecule has 138 valence electrons. The number of carbonyl (C=O) groups excluding carboxylic acids is 2. The van der Waals surface area contributed by atoms with Gasteiger partial charge in [0.1, 0.15) is 0 Å². The van der Waals surface area contributed by atoms with Crippen molar-refractivity contribution in [2.24, 2.45) is 17.6 Å². The van der Waals surface area contributed by atoms with Gasteiger partial charge >= 0.3 is 0 Å². The number of amides is 2. The largest absolute Gasteiger partial charge is 0.352 e. The van der Waals surface area contributed by atoms with Crippen LogP contribution in [0.4, 0.5) is 0 Å². The highest BCUT2D eigenvalue weighted by atomic mass is 35.5. The van der Waals surface area contributed by atoms with Gasteiger partial charge < -0.3 is 16.0 Å². The van der Waals surface area contributed by atoms with Gasteiger partial charge in [-0.25, -0.2) is 0 Å². The molecule has 0 aromatic heterocycles. The lowest BCUT2D eigenvalue weighted by molar-refractivity contribution is -0.127. The molecule has 2 fully saturated rings. The number of likely N-dealkylation sites (tertiary alicyclic amines) is 1. The van der Waals surface area contributed by atoms with Crippen LogP contribution >= 0.6 is 24.0 Å². The first-order valence-corrected chi connectivity index (χ1v) is 9.01. The summed E-state index contributed by atoms with van der Waals surface area (Å²) in [7, 11) is 0. The summed E-state index contributed by atoms with van der Waals surface area (Å²) in [6.45, 7) is 1.64. The summed E-state index contributed by atoms with van der Waals surface area (Å²) in [5, 5.41) is 3.69. The van der Waals surface area contributed by atoms with Crippen molar-refractivity contribution in [3.63, 3.8) is 0 Å². The second kappa shape index (κ2) is 8.88. The first kappa shape index (κ1) is 20.0. The van der Waals surface area contributed by atoms with E-state index in [4.69, 9.17) is 17.3 Å². The maximum Gasteiger partial charge on any atom is 0.253 e. The Hall–Kier alpha value is -1.30. The zero-order valence-electron chi connectivity index (χ0n) is 14.1. The van der Waals surface area contributed by atoms with E-state index < -0.39 is 0 Å². The van der Waals surface area contributed by atoms with Crippen LogP contribution in [0.2, 0.25) is 5.02 Å². The molecule has 1 heterocycles. The Morgan fingerprint density at radius 1 is 1.24 bits per heavy atom.